The minimum Gasteiger partial charge on any atom is -0.497 e. The second-order valence-corrected chi connectivity index (χ2v) is 8.32. The molecule has 1 N–H and O–H groups in total. The summed E-state index contributed by atoms with van der Waals surface area (Å²) in [4.78, 5) is 15.0. The zero-order valence-corrected chi connectivity index (χ0v) is 17.5. The number of carbonyl (C=O) groups excluding carboxylic acids is 1. The molecule has 31 heavy (non-hydrogen) atoms. The van der Waals surface area contributed by atoms with Crippen LogP contribution in [0.4, 0.5) is 4.39 Å². The molecule has 2 heterocycles. The van der Waals surface area contributed by atoms with Gasteiger partial charge < -0.3 is 14.6 Å². The molecule has 1 saturated heterocycles. The summed E-state index contributed by atoms with van der Waals surface area (Å²) in [5.41, 5.74) is 3.30. The number of nitrogens with one attached hydrogen (secondary N) is 1. The van der Waals surface area contributed by atoms with E-state index in [-0.39, 0.29) is 35.3 Å². The van der Waals surface area contributed by atoms with Gasteiger partial charge >= 0.3 is 0 Å². The van der Waals surface area contributed by atoms with Crippen LogP contribution in [0, 0.1) is 18.7 Å². The number of likely N-dealkylation sites (tertiary alicyclic amines) is 1. The van der Waals surface area contributed by atoms with E-state index < -0.39 is 0 Å². The standard InChI is InChI=1S/C24H24FN3O3/c1-14-9-22(27-31-14)24(29)26-23-18-6-4-3-5-17(18)19-12-28(13-20(19)23)11-15-10-16(30-2)7-8-21(15)25/h3-10,19-20,23H,11-13H2,1-2H3,(H,26,29)/t19-,20-,23+/m0/s1. The molecule has 0 unspecified atom stereocenters. The molecule has 1 aliphatic heterocycles. The van der Waals surface area contributed by atoms with Gasteiger partial charge in [-0.05, 0) is 36.2 Å². The molecular formula is C24H24FN3O3. The number of carbonyl (C=O) groups is 1. The maximum absolute atomic E-state index is 14.4. The van der Waals surface area contributed by atoms with E-state index in [9.17, 15) is 9.18 Å². The maximum atomic E-state index is 14.4. The van der Waals surface area contributed by atoms with Crippen molar-refractivity contribution in [3.05, 3.63) is 82.5 Å². The molecule has 2 aromatic carbocycles. The largest absolute Gasteiger partial charge is 0.497 e. The van der Waals surface area contributed by atoms with E-state index in [4.69, 9.17) is 9.26 Å². The molecule has 0 bridgehead atoms. The quantitative estimate of drug-likeness (QED) is 0.678. The first kappa shape index (κ1) is 19.8. The first-order valence-corrected chi connectivity index (χ1v) is 10.4. The number of benzene rings is 2. The van der Waals surface area contributed by atoms with Crippen molar-refractivity contribution in [1.82, 2.24) is 15.4 Å². The van der Waals surface area contributed by atoms with Gasteiger partial charge in [0.1, 0.15) is 17.3 Å². The number of aryl methyl sites for hydroxylation is 1. The van der Waals surface area contributed by atoms with Crippen LogP contribution in [0.15, 0.2) is 53.1 Å². The number of halogens is 1. The van der Waals surface area contributed by atoms with Gasteiger partial charge in [-0.2, -0.15) is 0 Å². The van der Waals surface area contributed by atoms with E-state index in [1.165, 1.54) is 11.6 Å². The van der Waals surface area contributed by atoms with Crippen LogP contribution in [0.2, 0.25) is 0 Å². The average molecular weight is 421 g/mol. The molecule has 160 valence electrons. The summed E-state index contributed by atoms with van der Waals surface area (Å²) in [6, 6.07) is 14.6. The Hall–Kier alpha value is -3.19. The lowest BCUT2D eigenvalue weighted by atomic mass is 9.94. The van der Waals surface area contributed by atoms with Gasteiger partial charge in [0.15, 0.2) is 5.69 Å². The normalized spacial score (nSPS) is 22.2. The van der Waals surface area contributed by atoms with E-state index in [2.05, 4.69) is 27.5 Å². The number of methoxy groups -OCH3 is 1. The third-order valence-corrected chi connectivity index (χ3v) is 6.39. The van der Waals surface area contributed by atoms with E-state index in [1.807, 2.05) is 12.1 Å². The fourth-order valence-corrected chi connectivity index (χ4v) is 4.99. The van der Waals surface area contributed by atoms with Gasteiger partial charge in [0.05, 0.1) is 13.2 Å². The molecule has 1 amide bonds. The Morgan fingerprint density at radius 3 is 2.77 bits per heavy atom. The van der Waals surface area contributed by atoms with Gasteiger partial charge in [0.2, 0.25) is 0 Å². The first-order valence-electron chi connectivity index (χ1n) is 10.4. The van der Waals surface area contributed by atoms with Gasteiger partial charge in [0, 0.05) is 43.1 Å². The molecular weight excluding hydrogens is 397 g/mol. The van der Waals surface area contributed by atoms with Crippen LogP contribution >= 0.6 is 0 Å². The molecule has 6 nitrogen and oxygen atoms in total. The molecule has 3 atom stereocenters. The lowest BCUT2D eigenvalue weighted by molar-refractivity contribution is 0.0914. The zero-order chi connectivity index (χ0) is 21.5. The van der Waals surface area contributed by atoms with Crippen molar-refractivity contribution in [1.29, 1.82) is 0 Å². The van der Waals surface area contributed by atoms with Gasteiger partial charge in [-0.15, -0.1) is 0 Å². The van der Waals surface area contributed by atoms with E-state index >= 15 is 0 Å². The molecule has 5 rings (SSSR count). The van der Waals surface area contributed by atoms with Gasteiger partial charge in [-0.1, -0.05) is 29.4 Å². The van der Waals surface area contributed by atoms with Crippen molar-refractivity contribution in [3.8, 4) is 5.75 Å². The number of hydrogen-bond donors (Lipinski definition) is 1. The second-order valence-electron chi connectivity index (χ2n) is 8.32. The molecule has 1 aromatic heterocycles. The Balaban J connectivity index is 1.38. The van der Waals surface area contributed by atoms with Gasteiger partial charge in [0.25, 0.3) is 5.91 Å². The van der Waals surface area contributed by atoms with Crippen LogP contribution in [-0.4, -0.2) is 36.2 Å². The summed E-state index contributed by atoms with van der Waals surface area (Å²) < 4.78 is 24.7. The lowest BCUT2D eigenvalue weighted by Gasteiger charge is -2.23. The first-order chi connectivity index (χ1) is 15.0. The Bertz CT molecular complexity index is 1130. The minimum absolute atomic E-state index is 0.120. The van der Waals surface area contributed by atoms with Gasteiger partial charge in [-0.3, -0.25) is 9.69 Å². The van der Waals surface area contributed by atoms with Crippen molar-refractivity contribution in [2.45, 2.75) is 25.4 Å². The highest BCUT2D eigenvalue weighted by Crippen LogP contribution is 2.49. The van der Waals surface area contributed by atoms with Crippen molar-refractivity contribution < 1.29 is 18.4 Å². The number of rotatable bonds is 5. The maximum Gasteiger partial charge on any atom is 0.273 e. The highest BCUT2D eigenvalue weighted by atomic mass is 19.1. The molecule has 2 aliphatic rings. The Kier molecular flexibility index (Phi) is 4.98. The summed E-state index contributed by atoms with van der Waals surface area (Å²) in [5.74, 6) is 1.27. The van der Waals surface area contributed by atoms with E-state index in [0.717, 1.165) is 18.7 Å². The monoisotopic (exact) mass is 421 g/mol. The molecule has 7 heteroatoms. The number of aromatic nitrogens is 1. The smallest absolute Gasteiger partial charge is 0.273 e. The highest BCUT2D eigenvalue weighted by molar-refractivity contribution is 5.92. The number of hydrogen-bond acceptors (Lipinski definition) is 5. The topological polar surface area (TPSA) is 67.6 Å². The fraction of sp³-hybridized carbons (Fsp3) is 0.333. The van der Waals surface area contributed by atoms with Crippen LogP contribution in [0.3, 0.4) is 0 Å². The van der Waals surface area contributed by atoms with Crippen LogP contribution in [-0.2, 0) is 6.54 Å². The summed E-state index contributed by atoms with van der Waals surface area (Å²) in [6.07, 6.45) is 0. The summed E-state index contributed by atoms with van der Waals surface area (Å²) in [7, 11) is 1.58. The van der Waals surface area contributed by atoms with Crippen LogP contribution in [0.5, 0.6) is 5.75 Å². The summed E-state index contributed by atoms with van der Waals surface area (Å²) in [5, 5.41) is 7.01. The molecule has 1 fully saturated rings. The van der Waals surface area contributed by atoms with E-state index in [0.29, 0.717) is 23.6 Å². The number of amides is 1. The van der Waals surface area contributed by atoms with Crippen LogP contribution in [0.25, 0.3) is 0 Å². The fourth-order valence-electron chi connectivity index (χ4n) is 4.99. The molecule has 0 radical (unpaired) electrons. The number of fused-ring (bicyclic) bond motifs is 3. The third kappa shape index (κ3) is 3.59. The summed E-state index contributed by atoms with van der Waals surface area (Å²) >= 11 is 0. The molecule has 0 saturated carbocycles. The molecule has 1 aliphatic carbocycles. The molecule has 0 spiro atoms. The van der Waals surface area contributed by atoms with Crippen LogP contribution < -0.4 is 10.1 Å². The second kappa shape index (κ2) is 7.81. The predicted molar refractivity (Wildman–Crippen MR) is 112 cm³/mol. The van der Waals surface area contributed by atoms with Crippen molar-refractivity contribution in [2.75, 3.05) is 20.2 Å². The van der Waals surface area contributed by atoms with Gasteiger partial charge in [-0.25, -0.2) is 4.39 Å². The minimum atomic E-state index is -0.241. The summed E-state index contributed by atoms with van der Waals surface area (Å²) in [6.45, 7) is 3.84. The van der Waals surface area contributed by atoms with Crippen molar-refractivity contribution >= 4 is 5.91 Å². The zero-order valence-electron chi connectivity index (χ0n) is 17.5. The Morgan fingerprint density at radius 2 is 2.03 bits per heavy atom. The predicted octanol–water partition coefficient (Wildman–Crippen LogP) is 3.83. The van der Waals surface area contributed by atoms with Crippen LogP contribution in [0.1, 0.15) is 44.9 Å². The number of ether oxygens (including phenoxy) is 1. The average Bonchev–Trinajstić information content (AvgIpc) is 3.45. The van der Waals surface area contributed by atoms with Crippen molar-refractivity contribution in [2.24, 2.45) is 5.92 Å². The third-order valence-electron chi connectivity index (χ3n) is 6.39. The lowest BCUT2D eigenvalue weighted by Crippen LogP contribution is -2.33. The van der Waals surface area contributed by atoms with Crippen molar-refractivity contribution in [3.63, 3.8) is 0 Å². The Morgan fingerprint density at radius 1 is 1.23 bits per heavy atom. The highest BCUT2D eigenvalue weighted by Gasteiger charge is 2.46. The Labute approximate surface area is 180 Å². The molecule has 3 aromatic rings. The van der Waals surface area contributed by atoms with E-state index in [1.54, 1.807) is 32.2 Å². The number of nitrogens with zero attached hydrogens (tertiary/aromatic N) is 2. The SMILES string of the molecule is COc1ccc(F)c(CN2C[C@@H]3[C@H](NC(=O)c4cc(C)on4)c4ccccc4[C@@H]3C2)c1.